The fourth-order valence-electron chi connectivity index (χ4n) is 1.09. The molecule has 1 aromatic heterocycles. The van der Waals surface area contributed by atoms with Gasteiger partial charge in [0.05, 0.1) is 12.1 Å². The highest BCUT2D eigenvalue weighted by Crippen LogP contribution is 2.33. The minimum atomic E-state index is -4.33. The first-order valence-corrected chi connectivity index (χ1v) is 3.92. The van der Waals surface area contributed by atoms with Gasteiger partial charge in [-0.15, -0.1) is 0 Å². The van der Waals surface area contributed by atoms with Gasteiger partial charge in [0, 0.05) is 24.5 Å². The van der Waals surface area contributed by atoms with Crippen LogP contribution >= 0.6 is 0 Å². The van der Waals surface area contributed by atoms with E-state index in [2.05, 4.69) is 11.7 Å². The van der Waals surface area contributed by atoms with Crippen LogP contribution in [0.15, 0.2) is 19.0 Å². The monoisotopic (exact) mass is 205 g/mol. The third-order valence-electron chi connectivity index (χ3n) is 1.84. The van der Waals surface area contributed by atoms with E-state index in [1.54, 1.807) is 0 Å². The number of halogens is 3. The molecule has 6 heteroatoms. The summed E-state index contributed by atoms with van der Waals surface area (Å²) >= 11 is 0. The molecule has 0 aromatic carbocycles. The lowest BCUT2D eigenvalue weighted by Crippen LogP contribution is -2.27. The smallest absolute Gasteiger partial charge is 0.330 e. The van der Waals surface area contributed by atoms with E-state index >= 15 is 0 Å². The molecular weight excluding hydrogens is 195 g/mol. The molecule has 0 bridgehead atoms. The van der Waals surface area contributed by atoms with Crippen LogP contribution in [0.25, 0.3) is 6.20 Å². The number of alkyl halides is 3. The van der Waals surface area contributed by atoms with Crippen LogP contribution in [-0.2, 0) is 0 Å². The molecular formula is C8H10F3N3. The summed E-state index contributed by atoms with van der Waals surface area (Å²) in [7, 11) is 0. The van der Waals surface area contributed by atoms with Crippen LogP contribution in [0.3, 0.4) is 0 Å². The van der Waals surface area contributed by atoms with E-state index in [4.69, 9.17) is 5.73 Å². The lowest BCUT2D eigenvalue weighted by Gasteiger charge is -2.16. The predicted molar refractivity (Wildman–Crippen MR) is 46.5 cm³/mol. The first-order chi connectivity index (χ1) is 6.49. The van der Waals surface area contributed by atoms with Crippen LogP contribution in [0.1, 0.15) is 11.5 Å². The second kappa shape index (κ2) is 3.83. The van der Waals surface area contributed by atoms with Crippen molar-refractivity contribution >= 4 is 6.20 Å². The van der Waals surface area contributed by atoms with E-state index < -0.39 is 18.6 Å². The van der Waals surface area contributed by atoms with Crippen molar-refractivity contribution in [2.75, 3.05) is 6.54 Å². The van der Waals surface area contributed by atoms with Crippen molar-refractivity contribution in [3.8, 4) is 0 Å². The van der Waals surface area contributed by atoms with E-state index in [1.807, 2.05) is 0 Å². The summed E-state index contributed by atoms with van der Waals surface area (Å²) in [5, 5.41) is 3.66. The average molecular weight is 205 g/mol. The zero-order chi connectivity index (χ0) is 10.8. The van der Waals surface area contributed by atoms with Gasteiger partial charge in [-0.2, -0.15) is 18.3 Å². The Bertz CT molecular complexity index is 316. The molecule has 0 radical (unpaired) electrons. The number of rotatable bonds is 3. The minimum Gasteiger partial charge on any atom is -0.330 e. The minimum absolute atomic E-state index is 0.0555. The quantitative estimate of drug-likeness (QED) is 0.814. The normalized spacial score (nSPS) is 14.0. The summed E-state index contributed by atoms with van der Waals surface area (Å²) in [5.41, 5.74) is 5.11. The molecule has 0 aliphatic carbocycles. The Morgan fingerprint density at radius 3 is 2.64 bits per heavy atom. The summed E-state index contributed by atoms with van der Waals surface area (Å²) in [5.74, 6) is -1.66. The highest BCUT2D eigenvalue weighted by molar-refractivity contribution is 5.21. The van der Waals surface area contributed by atoms with E-state index in [9.17, 15) is 13.2 Å². The maximum atomic E-state index is 12.4. The SMILES string of the molecule is C=Cn1cc(C(CN)C(F)(F)F)cn1. The summed E-state index contributed by atoms with van der Waals surface area (Å²) in [6.45, 7) is 2.90. The Morgan fingerprint density at radius 1 is 1.64 bits per heavy atom. The second-order valence-corrected chi connectivity index (χ2v) is 2.77. The maximum absolute atomic E-state index is 12.4. The van der Waals surface area contributed by atoms with Crippen molar-refractivity contribution in [1.82, 2.24) is 9.78 Å². The molecule has 78 valence electrons. The van der Waals surface area contributed by atoms with Crippen molar-refractivity contribution in [2.45, 2.75) is 12.1 Å². The lowest BCUT2D eigenvalue weighted by molar-refractivity contribution is -0.148. The number of hydrogen-bond acceptors (Lipinski definition) is 2. The van der Waals surface area contributed by atoms with E-state index in [0.29, 0.717) is 0 Å². The molecule has 0 spiro atoms. The molecule has 0 saturated carbocycles. The van der Waals surface area contributed by atoms with Gasteiger partial charge >= 0.3 is 6.18 Å². The first-order valence-electron chi connectivity index (χ1n) is 3.92. The molecule has 2 N–H and O–H groups in total. The van der Waals surface area contributed by atoms with Gasteiger partial charge in [0.25, 0.3) is 0 Å². The molecule has 1 unspecified atom stereocenters. The summed E-state index contributed by atoms with van der Waals surface area (Å²) in [6, 6.07) is 0. The molecule has 0 amide bonds. The molecule has 1 atom stereocenters. The molecule has 1 aromatic rings. The van der Waals surface area contributed by atoms with Crippen molar-refractivity contribution in [3.63, 3.8) is 0 Å². The van der Waals surface area contributed by atoms with Crippen LogP contribution in [0.5, 0.6) is 0 Å². The van der Waals surface area contributed by atoms with Gasteiger partial charge in [-0.3, -0.25) is 0 Å². The van der Waals surface area contributed by atoms with Crippen molar-refractivity contribution < 1.29 is 13.2 Å². The Kier molecular flexibility index (Phi) is 2.95. The Labute approximate surface area is 79.0 Å². The summed E-state index contributed by atoms with van der Waals surface area (Å²) < 4.78 is 38.3. The molecule has 3 nitrogen and oxygen atoms in total. The standard InChI is InChI=1S/C8H10F3N3/c1-2-14-5-6(4-13-14)7(3-12)8(9,10)11/h2,4-5,7H,1,3,12H2. The van der Waals surface area contributed by atoms with E-state index in [-0.39, 0.29) is 5.56 Å². The number of hydrogen-bond donors (Lipinski definition) is 1. The topological polar surface area (TPSA) is 43.8 Å². The van der Waals surface area contributed by atoms with Crippen LogP contribution in [0.2, 0.25) is 0 Å². The molecule has 0 saturated heterocycles. The molecule has 14 heavy (non-hydrogen) atoms. The summed E-state index contributed by atoms with van der Waals surface area (Å²) in [6.07, 6.45) is -0.609. The van der Waals surface area contributed by atoms with Crippen LogP contribution in [0.4, 0.5) is 13.2 Å². The van der Waals surface area contributed by atoms with Gasteiger partial charge in [-0.05, 0) is 0 Å². The Morgan fingerprint density at radius 2 is 2.29 bits per heavy atom. The molecule has 1 heterocycles. The van der Waals surface area contributed by atoms with Gasteiger partial charge in [0.1, 0.15) is 0 Å². The predicted octanol–water partition coefficient (Wildman–Crippen LogP) is 1.59. The molecule has 0 aliphatic rings. The largest absolute Gasteiger partial charge is 0.397 e. The number of aromatic nitrogens is 2. The van der Waals surface area contributed by atoms with Gasteiger partial charge in [-0.25, -0.2) is 4.68 Å². The number of nitrogens with two attached hydrogens (primary N) is 1. The highest BCUT2D eigenvalue weighted by Gasteiger charge is 2.40. The van der Waals surface area contributed by atoms with Crippen LogP contribution in [-0.4, -0.2) is 22.5 Å². The Balaban J connectivity index is 2.95. The van der Waals surface area contributed by atoms with Crippen LogP contribution in [0, 0.1) is 0 Å². The van der Waals surface area contributed by atoms with E-state index in [1.165, 1.54) is 17.1 Å². The molecule has 1 rings (SSSR count). The fraction of sp³-hybridized carbons (Fsp3) is 0.375. The van der Waals surface area contributed by atoms with Crippen molar-refractivity contribution in [1.29, 1.82) is 0 Å². The third-order valence-corrected chi connectivity index (χ3v) is 1.84. The molecule has 0 aliphatic heterocycles. The summed E-state index contributed by atoms with van der Waals surface area (Å²) in [4.78, 5) is 0. The fourth-order valence-corrected chi connectivity index (χ4v) is 1.09. The number of nitrogens with zero attached hydrogens (tertiary/aromatic N) is 2. The highest BCUT2D eigenvalue weighted by atomic mass is 19.4. The zero-order valence-electron chi connectivity index (χ0n) is 7.33. The Hall–Kier alpha value is -1.30. The van der Waals surface area contributed by atoms with Gasteiger partial charge < -0.3 is 5.73 Å². The molecule has 0 fully saturated rings. The maximum Gasteiger partial charge on any atom is 0.397 e. The second-order valence-electron chi connectivity index (χ2n) is 2.77. The third kappa shape index (κ3) is 2.14. The van der Waals surface area contributed by atoms with Gasteiger partial charge in [0.15, 0.2) is 0 Å². The lowest BCUT2D eigenvalue weighted by atomic mass is 10.0. The van der Waals surface area contributed by atoms with Crippen molar-refractivity contribution in [3.05, 3.63) is 24.5 Å². The van der Waals surface area contributed by atoms with Crippen LogP contribution < -0.4 is 5.73 Å². The first kappa shape index (κ1) is 10.8. The average Bonchev–Trinajstić information content (AvgIpc) is 2.51. The van der Waals surface area contributed by atoms with Gasteiger partial charge in [0.2, 0.25) is 0 Å². The zero-order valence-corrected chi connectivity index (χ0v) is 7.33. The van der Waals surface area contributed by atoms with Crippen molar-refractivity contribution in [2.24, 2.45) is 5.73 Å². The van der Waals surface area contributed by atoms with Gasteiger partial charge in [-0.1, -0.05) is 6.58 Å². The van der Waals surface area contributed by atoms with E-state index in [0.717, 1.165) is 6.20 Å².